The van der Waals surface area contributed by atoms with Crippen LogP contribution in [0, 0.1) is 6.92 Å². The SMILES string of the molecule is COc1ccc(C=C2Oc3c(C[NH+]4CCCC4)c([O-])cc(C)c3C2=O)c(OC)c1OC. The van der Waals surface area contributed by atoms with Gasteiger partial charge in [0.05, 0.1) is 40.0 Å². The van der Waals surface area contributed by atoms with Crippen LogP contribution < -0.4 is 29.0 Å². The number of likely N-dealkylation sites (tertiary alicyclic amines) is 1. The van der Waals surface area contributed by atoms with E-state index in [4.69, 9.17) is 18.9 Å². The Morgan fingerprint density at radius 3 is 2.45 bits per heavy atom. The fraction of sp³-hybridized carbons (Fsp3) is 0.375. The summed E-state index contributed by atoms with van der Waals surface area (Å²) in [7, 11) is 4.59. The lowest BCUT2D eigenvalue weighted by Gasteiger charge is -2.21. The van der Waals surface area contributed by atoms with Crippen molar-refractivity contribution >= 4 is 11.9 Å². The number of quaternary nitrogens is 1. The molecular formula is C24H27NO6. The highest BCUT2D eigenvalue weighted by Gasteiger charge is 2.33. The molecule has 1 fully saturated rings. The number of methoxy groups -OCH3 is 3. The van der Waals surface area contributed by atoms with Crippen LogP contribution in [0.4, 0.5) is 0 Å². The fourth-order valence-electron chi connectivity index (χ4n) is 4.42. The first-order valence-corrected chi connectivity index (χ1v) is 10.4. The highest BCUT2D eigenvalue weighted by Crippen LogP contribution is 2.43. The van der Waals surface area contributed by atoms with Gasteiger partial charge in [0.25, 0.3) is 0 Å². The molecule has 2 heterocycles. The van der Waals surface area contributed by atoms with Gasteiger partial charge in [-0.1, -0.05) is 11.8 Å². The Morgan fingerprint density at radius 2 is 1.81 bits per heavy atom. The maximum Gasteiger partial charge on any atom is 0.232 e. The Bertz CT molecular complexity index is 1050. The molecule has 2 aliphatic rings. The number of hydrogen-bond donors (Lipinski definition) is 1. The Kier molecular flexibility index (Phi) is 5.78. The summed E-state index contributed by atoms with van der Waals surface area (Å²) in [6, 6.07) is 5.06. The molecule has 31 heavy (non-hydrogen) atoms. The van der Waals surface area contributed by atoms with E-state index in [-0.39, 0.29) is 17.3 Å². The lowest BCUT2D eigenvalue weighted by atomic mass is 9.99. The van der Waals surface area contributed by atoms with Gasteiger partial charge in [-0.2, -0.15) is 0 Å². The number of rotatable bonds is 6. The summed E-state index contributed by atoms with van der Waals surface area (Å²) in [5.74, 6) is 1.64. The summed E-state index contributed by atoms with van der Waals surface area (Å²) in [5, 5.41) is 12.7. The fourth-order valence-corrected chi connectivity index (χ4v) is 4.42. The average molecular weight is 425 g/mol. The Labute approximate surface area is 181 Å². The van der Waals surface area contributed by atoms with Gasteiger partial charge < -0.3 is 29.0 Å². The van der Waals surface area contributed by atoms with Crippen LogP contribution in [-0.4, -0.2) is 40.2 Å². The number of hydrogen-bond acceptors (Lipinski definition) is 6. The maximum absolute atomic E-state index is 13.2. The van der Waals surface area contributed by atoms with E-state index in [9.17, 15) is 9.90 Å². The highest BCUT2D eigenvalue weighted by atomic mass is 16.5. The largest absolute Gasteiger partial charge is 0.872 e. The molecule has 7 nitrogen and oxygen atoms in total. The first-order chi connectivity index (χ1) is 15.0. The third kappa shape index (κ3) is 3.70. The number of benzene rings is 2. The van der Waals surface area contributed by atoms with Crippen LogP contribution in [0.15, 0.2) is 24.0 Å². The molecule has 0 aromatic heterocycles. The van der Waals surface area contributed by atoms with E-state index in [1.54, 1.807) is 38.3 Å². The van der Waals surface area contributed by atoms with Crippen molar-refractivity contribution in [2.45, 2.75) is 26.3 Å². The normalized spacial score (nSPS) is 17.0. The first-order valence-electron chi connectivity index (χ1n) is 10.4. The van der Waals surface area contributed by atoms with E-state index >= 15 is 0 Å². The van der Waals surface area contributed by atoms with Crippen molar-refractivity contribution in [1.29, 1.82) is 0 Å². The molecule has 0 radical (unpaired) electrons. The predicted octanol–water partition coefficient (Wildman–Crippen LogP) is 1.89. The summed E-state index contributed by atoms with van der Waals surface area (Å²) in [6.07, 6.45) is 3.93. The average Bonchev–Trinajstić information content (AvgIpc) is 3.38. The van der Waals surface area contributed by atoms with Gasteiger partial charge in [-0.15, -0.1) is 0 Å². The molecule has 2 aromatic carbocycles. The maximum atomic E-state index is 13.2. The Morgan fingerprint density at radius 1 is 1.10 bits per heavy atom. The number of allylic oxidation sites excluding steroid dienone is 1. The topological polar surface area (TPSA) is 81.5 Å². The first kappa shape index (κ1) is 21.1. The molecule has 0 atom stereocenters. The Hall–Kier alpha value is -3.19. The molecule has 0 bridgehead atoms. The molecule has 0 amide bonds. The van der Waals surface area contributed by atoms with Gasteiger partial charge >= 0.3 is 0 Å². The zero-order chi connectivity index (χ0) is 22.1. The van der Waals surface area contributed by atoms with Crippen molar-refractivity contribution < 1.29 is 33.7 Å². The number of carbonyl (C=O) groups excluding carboxylic acids is 1. The van der Waals surface area contributed by atoms with Gasteiger partial charge in [-0.25, -0.2) is 0 Å². The standard InChI is InChI=1S/C24H27NO6/c1-14-11-17(26)16(13-25-9-5-6-10-25)23-20(14)21(27)19(31-23)12-15-7-8-18(28-2)24(30-4)22(15)29-3/h7-8,11-12,26H,5-6,9-10,13H2,1-4H3. The summed E-state index contributed by atoms with van der Waals surface area (Å²) in [4.78, 5) is 14.5. The molecule has 0 saturated carbocycles. The van der Waals surface area contributed by atoms with E-state index in [1.807, 2.05) is 0 Å². The molecule has 7 heteroatoms. The molecule has 1 saturated heterocycles. The monoisotopic (exact) mass is 425 g/mol. The van der Waals surface area contributed by atoms with Crippen LogP contribution in [-0.2, 0) is 6.54 Å². The van der Waals surface area contributed by atoms with Gasteiger partial charge in [-0.05, 0) is 30.7 Å². The molecule has 1 N–H and O–H groups in total. The van der Waals surface area contributed by atoms with Crippen LogP contribution >= 0.6 is 0 Å². The molecule has 0 unspecified atom stereocenters. The zero-order valence-corrected chi connectivity index (χ0v) is 18.3. The second kappa shape index (κ2) is 8.51. The molecule has 2 aromatic rings. The molecule has 0 spiro atoms. The van der Waals surface area contributed by atoms with Crippen molar-refractivity contribution in [3.05, 3.63) is 46.2 Å². The van der Waals surface area contributed by atoms with Crippen LogP contribution in [0.25, 0.3) is 6.08 Å². The Balaban J connectivity index is 1.76. The third-order valence-electron chi connectivity index (χ3n) is 5.96. The molecule has 4 rings (SSSR count). The van der Waals surface area contributed by atoms with Gasteiger partial charge in [0.15, 0.2) is 17.3 Å². The molecule has 2 aliphatic heterocycles. The van der Waals surface area contributed by atoms with Crippen molar-refractivity contribution in [3.8, 4) is 28.7 Å². The predicted molar refractivity (Wildman–Crippen MR) is 113 cm³/mol. The van der Waals surface area contributed by atoms with Gasteiger partial charge in [0.2, 0.25) is 11.5 Å². The zero-order valence-electron chi connectivity index (χ0n) is 18.3. The number of ketones is 1. The minimum absolute atomic E-state index is 0.0756. The number of ether oxygens (including phenoxy) is 4. The molecule has 0 aliphatic carbocycles. The van der Waals surface area contributed by atoms with Crippen LogP contribution in [0.5, 0.6) is 28.7 Å². The van der Waals surface area contributed by atoms with Gasteiger partial charge in [-0.3, -0.25) is 4.79 Å². The molecular weight excluding hydrogens is 398 g/mol. The number of aryl methyl sites for hydroxylation is 1. The van der Waals surface area contributed by atoms with Gasteiger partial charge in [0.1, 0.15) is 12.3 Å². The van der Waals surface area contributed by atoms with E-state index in [2.05, 4.69) is 0 Å². The number of fused-ring (bicyclic) bond motifs is 1. The van der Waals surface area contributed by atoms with Crippen LogP contribution in [0.2, 0.25) is 0 Å². The van der Waals surface area contributed by atoms with E-state index < -0.39 is 0 Å². The van der Waals surface area contributed by atoms with Crippen molar-refractivity contribution in [2.24, 2.45) is 0 Å². The van der Waals surface area contributed by atoms with Crippen molar-refractivity contribution in [2.75, 3.05) is 34.4 Å². The minimum atomic E-state index is -0.234. The smallest absolute Gasteiger partial charge is 0.232 e. The van der Waals surface area contributed by atoms with Crippen molar-refractivity contribution in [1.82, 2.24) is 0 Å². The number of Topliss-reactive ketones (excluding diaryl/α,β-unsaturated/α-hetero) is 1. The number of nitrogens with one attached hydrogen (secondary N) is 1. The minimum Gasteiger partial charge on any atom is -0.872 e. The van der Waals surface area contributed by atoms with E-state index in [0.29, 0.717) is 51.8 Å². The third-order valence-corrected chi connectivity index (χ3v) is 5.96. The highest BCUT2D eigenvalue weighted by molar-refractivity contribution is 6.16. The van der Waals surface area contributed by atoms with Crippen LogP contribution in [0.1, 0.15) is 39.9 Å². The van der Waals surface area contributed by atoms with Crippen LogP contribution in [0.3, 0.4) is 0 Å². The summed E-state index contributed by atoms with van der Waals surface area (Å²) in [5.41, 5.74) is 2.29. The van der Waals surface area contributed by atoms with E-state index in [1.165, 1.54) is 19.1 Å². The van der Waals surface area contributed by atoms with Gasteiger partial charge in [0, 0.05) is 24.0 Å². The second-order valence-electron chi connectivity index (χ2n) is 7.87. The van der Waals surface area contributed by atoms with E-state index in [0.717, 1.165) is 25.9 Å². The second-order valence-corrected chi connectivity index (χ2v) is 7.87. The number of carbonyl (C=O) groups is 1. The summed E-state index contributed by atoms with van der Waals surface area (Å²) < 4.78 is 22.3. The lowest BCUT2D eigenvalue weighted by Crippen LogP contribution is -3.08. The quantitative estimate of drug-likeness (QED) is 0.712. The van der Waals surface area contributed by atoms with Crippen molar-refractivity contribution in [3.63, 3.8) is 0 Å². The summed E-state index contributed by atoms with van der Waals surface area (Å²) in [6.45, 7) is 4.40. The lowest BCUT2D eigenvalue weighted by molar-refractivity contribution is -0.901. The molecule has 164 valence electrons. The summed E-state index contributed by atoms with van der Waals surface area (Å²) >= 11 is 0.